The van der Waals surface area contributed by atoms with Gasteiger partial charge in [0, 0.05) is 32.6 Å². The number of nitrogens with zero attached hydrogens (tertiary/aromatic N) is 3. The maximum atomic E-state index is 13.1. The number of hydrogen-bond donors (Lipinski definition) is 2. The summed E-state index contributed by atoms with van der Waals surface area (Å²) in [7, 11) is 5.65. The molecule has 3 amide bonds. The largest absolute Gasteiger partial charge is 0.490 e. The molecule has 0 aromatic carbocycles. The highest BCUT2D eigenvalue weighted by Gasteiger charge is 2.47. The fourth-order valence-corrected chi connectivity index (χ4v) is 5.00. The number of carboxylic acids is 1. The van der Waals surface area contributed by atoms with E-state index in [0.29, 0.717) is 6.54 Å². The smallest absolute Gasteiger partial charge is 0.475 e. The summed E-state index contributed by atoms with van der Waals surface area (Å²) in [6, 6.07) is 1.86. The number of carboxylic acid groups (broad SMARTS) is 1. The molecule has 0 radical (unpaired) electrons. The summed E-state index contributed by atoms with van der Waals surface area (Å²) in [6.07, 6.45) is -0.743. The van der Waals surface area contributed by atoms with Crippen LogP contribution in [0.15, 0.2) is 16.8 Å². The number of urea groups is 1. The van der Waals surface area contributed by atoms with Crippen molar-refractivity contribution in [2.45, 2.75) is 37.9 Å². The highest BCUT2D eigenvalue weighted by Crippen LogP contribution is 2.44. The van der Waals surface area contributed by atoms with Gasteiger partial charge >= 0.3 is 18.2 Å². The summed E-state index contributed by atoms with van der Waals surface area (Å²) < 4.78 is 31.7. The number of rotatable bonds is 3. The number of carbonyl (C=O) groups is 3. The summed E-state index contributed by atoms with van der Waals surface area (Å²) in [5.41, 5.74) is 0.875. The van der Waals surface area contributed by atoms with Crippen molar-refractivity contribution in [2.24, 2.45) is 5.41 Å². The number of alkyl halides is 3. The third-order valence-corrected chi connectivity index (χ3v) is 6.95. The minimum absolute atomic E-state index is 0.0567. The standard InChI is InChI=1S/C19H30N4O2S.C2HF3O2/c1-21(2)18(25)20-13-16-19(7-10-22(3)11-8-19)6-4-9-23(16)17(24)15-5-12-26-14-15;3-2(4,5)1(6)7/h5,12,14,16H,4,6-11,13H2,1-3H3,(H,20,25);(H,6,7). The van der Waals surface area contributed by atoms with E-state index >= 15 is 0 Å². The summed E-state index contributed by atoms with van der Waals surface area (Å²) in [5, 5.41) is 14.0. The Morgan fingerprint density at radius 3 is 2.30 bits per heavy atom. The molecule has 33 heavy (non-hydrogen) atoms. The predicted molar refractivity (Wildman–Crippen MR) is 118 cm³/mol. The van der Waals surface area contributed by atoms with Crippen LogP contribution in [0.25, 0.3) is 0 Å². The average molecular weight is 493 g/mol. The molecule has 8 nitrogen and oxygen atoms in total. The Kier molecular flexibility index (Phi) is 9.12. The maximum absolute atomic E-state index is 13.1. The lowest BCUT2D eigenvalue weighted by molar-refractivity contribution is -0.192. The van der Waals surface area contributed by atoms with Crippen LogP contribution in [0.5, 0.6) is 0 Å². The molecule has 1 unspecified atom stereocenters. The van der Waals surface area contributed by atoms with Crippen molar-refractivity contribution < 1.29 is 32.7 Å². The van der Waals surface area contributed by atoms with E-state index in [4.69, 9.17) is 9.90 Å². The lowest BCUT2D eigenvalue weighted by atomic mass is 9.66. The van der Waals surface area contributed by atoms with Crippen molar-refractivity contribution in [3.8, 4) is 0 Å². The second-order valence-electron chi connectivity index (χ2n) is 8.68. The molecule has 0 saturated carbocycles. The van der Waals surface area contributed by atoms with Crippen molar-refractivity contribution in [1.82, 2.24) is 20.0 Å². The highest BCUT2D eigenvalue weighted by atomic mass is 32.1. The average Bonchev–Trinajstić information content (AvgIpc) is 3.29. The monoisotopic (exact) mass is 492 g/mol. The Labute approximate surface area is 195 Å². The first-order valence-corrected chi connectivity index (χ1v) is 11.6. The Bertz CT molecular complexity index is 809. The van der Waals surface area contributed by atoms with E-state index in [1.54, 1.807) is 30.3 Å². The minimum Gasteiger partial charge on any atom is -0.475 e. The van der Waals surface area contributed by atoms with Crippen LogP contribution in [0.1, 0.15) is 36.0 Å². The van der Waals surface area contributed by atoms with Crippen LogP contribution in [0.4, 0.5) is 18.0 Å². The molecule has 1 spiro atoms. The third kappa shape index (κ3) is 7.07. The number of aliphatic carboxylic acids is 1. The summed E-state index contributed by atoms with van der Waals surface area (Å²) in [6.45, 7) is 3.41. The Morgan fingerprint density at radius 2 is 1.82 bits per heavy atom. The van der Waals surface area contributed by atoms with Crippen LogP contribution in [-0.4, -0.2) is 97.3 Å². The second-order valence-corrected chi connectivity index (χ2v) is 9.46. The number of nitrogens with one attached hydrogen (secondary N) is 1. The van der Waals surface area contributed by atoms with E-state index in [0.717, 1.165) is 50.9 Å². The molecule has 2 N–H and O–H groups in total. The molecule has 2 saturated heterocycles. The van der Waals surface area contributed by atoms with Gasteiger partial charge in [-0.2, -0.15) is 24.5 Å². The zero-order valence-corrected chi connectivity index (χ0v) is 19.8. The molecule has 1 aromatic rings. The van der Waals surface area contributed by atoms with Gasteiger partial charge in [0.2, 0.25) is 0 Å². The molecule has 2 fully saturated rings. The highest BCUT2D eigenvalue weighted by molar-refractivity contribution is 7.08. The van der Waals surface area contributed by atoms with Crippen LogP contribution in [-0.2, 0) is 4.79 Å². The molecule has 2 aliphatic rings. The van der Waals surface area contributed by atoms with E-state index < -0.39 is 12.1 Å². The van der Waals surface area contributed by atoms with Gasteiger partial charge in [0.25, 0.3) is 5.91 Å². The van der Waals surface area contributed by atoms with Crippen LogP contribution >= 0.6 is 11.3 Å². The van der Waals surface area contributed by atoms with Crippen LogP contribution in [0, 0.1) is 5.41 Å². The number of hydrogen-bond acceptors (Lipinski definition) is 5. The third-order valence-electron chi connectivity index (χ3n) is 6.26. The van der Waals surface area contributed by atoms with Gasteiger partial charge < -0.3 is 25.1 Å². The maximum Gasteiger partial charge on any atom is 0.490 e. The molecule has 1 aromatic heterocycles. The minimum atomic E-state index is -5.08. The number of amides is 3. The number of piperidine rings is 2. The van der Waals surface area contributed by atoms with Crippen molar-refractivity contribution in [3.63, 3.8) is 0 Å². The molecule has 1 atom stereocenters. The van der Waals surface area contributed by atoms with Crippen molar-refractivity contribution in [2.75, 3.05) is 47.3 Å². The quantitative estimate of drug-likeness (QED) is 0.677. The van der Waals surface area contributed by atoms with Gasteiger partial charge in [-0.15, -0.1) is 0 Å². The number of carbonyl (C=O) groups excluding carboxylic acids is 2. The van der Waals surface area contributed by atoms with E-state index in [1.807, 2.05) is 21.7 Å². The summed E-state index contributed by atoms with van der Waals surface area (Å²) >= 11 is 1.55. The predicted octanol–water partition coefficient (Wildman–Crippen LogP) is 2.97. The molecule has 2 aliphatic heterocycles. The SMILES string of the molecule is CN1CCC2(CCCN(C(=O)c3ccsc3)C2CNC(=O)N(C)C)CC1.O=C(O)C(F)(F)F. The molecular weight excluding hydrogens is 461 g/mol. The van der Waals surface area contributed by atoms with Gasteiger partial charge in [-0.05, 0) is 62.7 Å². The van der Waals surface area contributed by atoms with Crippen LogP contribution in [0.3, 0.4) is 0 Å². The molecular formula is C21H31F3N4O4S. The van der Waals surface area contributed by atoms with Crippen molar-refractivity contribution in [1.29, 1.82) is 0 Å². The lowest BCUT2D eigenvalue weighted by Crippen LogP contribution is -2.61. The van der Waals surface area contributed by atoms with Crippen LogP contribution < -0.4 is 5.32 Å². The van der Waals surface area contributed by atoms with Crippen molar-refractivity contribution in [3.05, 3.63) is 22.4 Å². The van der Waals surface area contributed by atoms with Gasteiger partial charge in [-0.25, -0.2) is 9.59 Å². The van der Waals surface area contributed by atoms with E-state index in [-0.39, 0.29) is 23.4 Å². The van der Waals surface area contributed by atoms with Gasteiger partial charge in [0.15, 0.2) is 0 Å². The lowest BCUT2D eigenvalue weighted by Gasteiger charge is -2.53. The van der Waals surface area contributed by atoms with Gasteiger partial charge in [-0.3, -0.25) is 4.79 Å². The Balaban J connectivity index is 0.000000479. The van der Waals surface area contributed by atoms with Crippen molar-refractivity contribution >= 4 is 29.2 Å². The topological polar surface area (TPSA) is 93.2 Å². The Hall–Kier alpha value is -2.34. The van der Waals surface area contributed by atoms with Gasteiger partial charge in [-0.1, -0.05) is 0 Å². The van der Waals surface area contributed by atoms with E-state index in [1.165, 1.54) is 0 Å². The fraction of sp³-hybridized carbons (Fsp3) is 0.667. The summed E-state index contributed by atoms with van der Waals surface area (Å²) in [4.78, 5) is 40.1. The van der Waals surface area contributed by atoms with E-state index in [9.17, 15) is 22.8 Å². The molecule has 0 bridgehead atoms. The normalized spacial score (nSPS) is 20.5. The molecule has 3 rings (SSSR count). The van der Waals surface area contributed by atoms with Gasteiger partial charge in [0.05, 0.1) is 11.6 Å². The summed E-state index contributed by atoms with van der Waals surface area (Å²) in [5.74, 6) is -2.65. The van der Waals surface area contributed by atoms with E-state index in [2.05, 4.69) is 17.3 Å². The first-order chi connectivity index (χ1) is 15.4. The molecule has 12 heteroatoms. The zero-order chi connectivity index (χ0) is 24.8. The number of likely N-dealkylation sites (tertiary alicyclic amines) is 2. The first-order valence-electron chi connectivity index (χ1n) is 10.6. The molecule has 3 heterocycles. The zero-order valence-electron chi connectivity index (χ0n) is 19.0. The first kappa shape index (κ1) is 26.9. The van der Waals surface area contributed by atoms with Crippen LogP contribution in [0.2, 0.25) is 0 Å². The van der Waals surface area contributed by atoms with Gasteiger partial charge in [0.1, 0.15) is 0 Å². The fourth-order valence-electron chi connectivity index (χ4n) is 4.37. The molecule has 186 valence electrons. The Morgan fingerprint density at radius 1 is 1.21 bits per heavy atom. The number of thiophene rings is 1. The second kappa shape index (κ2) is 11.2. The molecule has 0 aliphatic carbocycles. The number of halogens is 3.